The van der Waals surface area contributed by atoms with Crippen LogP contribution in [0.3, 0.4) is 0 Å². The Kier molecular flexibility index (Phi) is 5.17. The summed E-state index contributed by atoms with van der Waals surface area (Å²) in [4.78, 5) is 8.81. The van der Waals surface area contributed by atoms with Gasteiger partial charge in [-0.1, -0.05) is 91.0 Å². The molecule has 1 unspecified atom stereocenters. The average Bonchev–Trinajstić information content (AvgIpc) is 3.22. The summed E-state index contributed by atoms with van der Waals surface area (Å²) in [6.07, 6.45) is 1.10. The normalized spacial score (nSPS) is 12.0. The molecule has 3 aromatic carbocycles. The van der Waals surface area contributed by atoms with Crippen molar-refractivity contribution in [3.63, 3.8) is 0 Å². The monoisotopic (exact) mass is 407 g/mol. The number of aromatic nitrogens is 2. The number of aliphatic hydroxyl groups is 1. The van der Waals surface area contributed by atoms with E-state index in [-0.39, 0.29) is 0 Å². The zero-order valence-corrected chi connectivity index (χ0v) is 16.8. The van der Waals surface area contributed by atoms with Gasteiger partial charge >= 0.3 is 0 Å². The minimum atomic E-state index is -0.806. The molecule has 0 aliphatic rings. The molecule has 0 radical (unpaired) electrons. The number of fused-ring (bicyclic) bond motifs is 1. The second-order valence-electron chi connectivity index (χ2n) is 7.29. The molecule has 0 fully saturated rings. The van der Waals surface area contributed by atoms with Crippen molar-refractivity contribution >= 4 is 16.9 Å². The molecule has 0 spiro atoms. The van der Waals surface area contributed by atoms with Gasteiger partial charge in [0.05, 0.1) is 5.39 Å². The third-order valence-electron chi connectivity index (χ3n) is 5.16. The topological polar surface area (TPSA) is 71.2 Å². The van der Waals surface area contributed by atoms with E-state index in [1.165, 1.54) is 6.33 Å². The predicted octanol–water partition coefficient (Wildman–Crippen LogP) is 5.53. The summed E-state index contributed by atoms with van der Waals surface area (Å²) < 4.78 is 6.21. The predicted molar refractivity (Wildman–Crippen MR) is 122 cm³/mol. The van der Waals surface area contributed by atoms with Crippen molar-refractivity contribution < 1.29 is 9.52 Å². The van der Waals surface area contributed by atoms with Gasteiger partial charge in [0.15, 0.2) is 0 Å². The molecule has 2 aromatic heterocycles. The molecule has 0 saturated carbocycles. The fourth-order valence-corrected chi connectivity index (χ4v) is 3.76. The number of anilines is 1. The van der Waals surface area contributed by atoms with Crippen molar-refractivity contribution in [1.29, 1.82) is 0 Å². The van der Waals surface area contributed by atoms with E-state index in [1.807, 2.05) is 91.0 Å². The highest BCUT2D eigenvalue weighted by Gasteiger charge is 2.22. The van der Waals surface area contributed by atoms with Crippen LogP contribution in [0.1, 0.15) is 5.56 Å². The number of hydrogen-bond acceptors (Lipinski definition) is 5. The number of nitrogens with one attached hydrogen (secondary N) is 1. The van der Waals surface area contributed by atoms with Crippen LogP contribution in [0.2, 0.25) is 0 Å². The Bertz CT molecular complexity index is 1290. The Morgan fingerprint density at radius 3 is 2.06 bits per heavy atom. The molecule has 5 aromatic rings. The van der Waals surface area contributed by atoms with Gasteiger partial charge in [0.25, 0.3) is 0 Å². The standard InChI is InChI=1S/C26H21N3O2/c30-21(16-18-10-4-1-5-11-18)29-25-23-22(19-12-6-2-7-13-19)24(20-14-8-3-9-15-20)31-26(23)28-17-27-25/h1-15,17,21,30H,16H2,(H,27,28,29). The maximum atomic E-state index is 10.7. The van der Waals surface area contributed by atoms with Crippen LogP contribution in [0.15, 0.2) is 102 Å². The molecule has 0 saturated heterocycles. The first-order valence-electron chi connectivity index (χ1n) is 10.2. The van der Waals surface area contributed by atoms with Gasteiger partial charge in [0.2, 0.25) is 5.71 Å². The molecule has 31 heavy (non-hydrogen) atoms. The number of furan rings is 1. The number of aliphatic hydroxyl groups excluding tert-OH is 1. The molecule has 1 atom stereocenters. The quantitative estimate of drug-likeness (QED) is 0.362. The second kappa shape index (κ2) is 8.42. The number of nitrogens with zero attached hydrogens (tertiary/aromatic N) is 2. The molecule has 0 amide bonds. The van der Waals surface area contributed by atoms with Gasteiger partial charge in [-0.25, -0.2) is 9.97 Å². The summed E-state index contributed by atoms with van der Waals surface area (Å²) >= 11 is 0. The van der Waals surface area contributed by atoms with Gasteiger partial charge in [-0.05, 0) is 11.1 Å². The zero-order chi connectivity index (χ0) is 21.0. The number of benzene rings is 3. The van der Waals surface area contributed by atoms with E-state index in [9.17, 15) is 5.11 Å². The smallest absolute Gasteiger partial charge is 0.232 e. The van der Waals surface area contributed by atoms with Gasteiger partial charge < -0.3 is 14.8 Å². The SMILES string of the molecule is OC(Cc1ccccc1)Nc1ncnc2oc(-c3ccccc3)c(-c3ccccc3)c12. The van der Waals surface area contributed by atoms with Crippen LogP contribution >= 0.6 is 0 Å². The molecule has 5 heteroatoms. The van der Waals surface area contributed by atoms with Crippen LogP contribution in [0.4, 0.5) is 5.82 Å². The Labute approximate surface area is 180 Å². The second-order valence-corrected chi connectivity index (χ2v) is 7.29. The summed E-state index contributed by atoms with van der Waals surface area (Å²) in [6.45, 7) is 0. The summed E-state index contributed by atoms with van der Waals surface area (Å²) in [6, 6.07) is 29.8. The lowest BCUT2D eigenvalue weighted by molar-refractivity contribution is 0.204. The molecule has 2 heterocycles. The van der Waals surface area contributed by atoms with E-state index in [0.29, 0.717) is 18.0 Å². The van der Waals surface area contributed by atoms with E-state index in [4.69, 9.17) is 4.42 Å². The molecule has 5 nitrogen and oxygen atoms in total. The Balaban J connectivity index is 1.62. The van der Waals surface area contributed by atoms with Crippen LogP contribution in [-0.2, 0) is 6.42 Å². The first-order chi connectivity index (χ1) is 15.3. The van der Waals surface area contributed by atoms with Crippen molar-refractivity contribution in [1.82, 2.24) is 9.97 Å². The highest BCUT2D eigenvalue weighted by atomic mass is 16.3. The van der Waals surface area contributed by atoms with E-state index in [1.54, 1.807) is 0 Å². The van der Waals surface area contributed by atoms with E-state index in [0.717, 1.165) is 33.4 Å². The molecule has 0 aliphatic carbocycles. The molecule has 0 aliphatic heterocycles. The van der Waals surface area contributed by atoms with Crippen LogP contribution in [0.5, 0.6) is 0 Å². The highest BCUT2D eigenvalue weighted by molar-refractivity contribution is 6.05. The lowest BCUT2D eigenvalue weighted by Crippen LogP contribution is -2.22. The number of rotatable bonds is 6. The maximum Gasteiger partial charge on any atom is 0.232 e. The van der Waals surface area contributed by atoms with E-state index in [2.05, 4.69) is 15.3 Å². The van der Waals surface area contributed by atoms with Crippen molar-refractivity contribution in [2.45, 2.75) is 12.6 Å². The Hall–Kier alpha value is -3.96. The van der Waals surface area contributed by atoms with Crippen molar-refractivity contribution in [3.05, 3.63) is 103 Å². The van der Waals surface area contributed by atoms with Gasteiger partial charge in [0.1, 0.15) is 24.1 Å². The van der Waals surface area contributed by atoms with Crippen molar-refractivity contribution in [3.8, 4) is 22.5 Å². The molecular formula is C26H21N3O2. The average molecular weight is 407 g/mol. The highest BCUT2D eigenvalue weighted by Crippen LogP contribution is 2.42. The van der Waals surface area contributed by atoms with E-state index < -0.39 is 6.23 Å². The first kappa shape index (κ1) is 19.0. The van der Waals surface area contributed by atoms with Crippen molar-refractivity contribution in [2.75, 3.05) is 5.32 Å². The van der Waals surface area contributed by atoms with Crippen LogP contribution < -0.4 is 5.32 Å². The Morgan fingerprint density at radius 2 is 1.39 bits per heavy atom. The van der Waals surface area contributed by atoms with Gasteiger partial charge in [-0.2, -0.15) is 0 Å². The largest absolute Gasteiger partial charge is 0.437 e. The van der Waals surface area contributed by atoms with Crippen LogP contribution in [0.25, 0.3) is 33.6 Å². The number of hydrogen-bond donors (Lipinski definition) is 2. The van der Waals surface area contributed by atoms with Gasteiger partial charge in [-0.3, -0.25) is 0 Å². The van der Waals surface area contributed by atoms with Crippen LogP contribution in [-0.4, -0.2) is 21.3 Å². The summed E-state index contributed by atoms with van der Waals surface area (Å²) in [7, 11) is 0. The summed E-state index contributed by atoms with van der Waals surface area (Å²) in [5, 5.41) is 14.6. The zero-order valence-electron chi connectivity index (χ0n) is 16.8. The van der Waals surface area contributed by atoms with Crippen LogP contribution in [0, 0.1) is 0 Å². The minimum absolute atomic E-state index is 0.455. The lowest BCUT2D eigenvalue weighted by atomic mass is 9.99. The fraction of sp³-hybridized carbons (Fsp3) is 0.0769. The molecular weight excluding hydrogens is 386 g/mol. The van der Waals surface area contributed by atoms with Gasteiger partial charge in [0, 0.05) is 17.5 Å². The third kappa shape index (κ3) is 3.91. The van der Waals surface area contributed by atoms with Gasteiger partial charge in [-0.15, -0.1) is 0 Å². The van der Waals surface area contributed by atoms with Crippen molar-refractivity contribution in [2.24, 2.45) is 0 Å². The molecule has 152 valence electrons. The molecule has 5 rings (SSSR count). The maximum absolute atomic E-state index is 10.7. The molecule has 2 N–H and O–H groups in total. The summed E-state index contributed by atoms with van der Waals surface area (Å²) in [5.74, 6) is 1.26. The Morgan fingerprint density at radius 1 is 0.774 bits per heavy atom. The van der Waals surface area contributed by atoms with E-state index >= 15 is 0 Å². The first-order valence-corrected chi connectivity index (χ1v) is 10.2. The molecule has 0 bridgehead atoms. The fourth-order valence-electron chi connectivity index (χ4n) is 3.76. The lowest BCUT2D eigenvalue weighted by Gasteiger charge is -2.14. The minimum Gasteiger partial charge on any atom is -0.437 e. The summed E-state index contributed by atoms with van der Waals surface area (Å²) in [5.41, 5.74) is 4.36. The third-order valence-corrected chi connectivity index (χ3v) is 5.16.